The average molecular weight is 250 g/mol. The predicted molar refractivity (Wildman–Crippen MR) is 72.2 cm³/mol. The number of carbonyl (C=O) groups excluding carboxylic acids is 1. The lowest BCUT2D eigenvalue weighted by molar-refractivity contribution is 0.0594. The molecule has 0 saturated heterocycles. The van der Waals surface area contributed by atoms with E-state index in [1.54, 1.807) is 6.07 Å². The van der Waals surface area contributed by atoms with Crippen molar-refractivity contribution < 1.29 is 14.3 Å². The number of hydrogen-bond acceptors (Lipinski definition) is 3. The molecule has 1 aromatic carbocycles. The van der Waals surface area contributed by atoms with Gasteiger partial charge in [0.2, 0.25) is 0 Å². The standard InChI is InChI=1S/C15H22O3/c1-10(2)18-13-9-11(15(3,4)5)7-8-12(13)14(16)17-6/h7-10H,1-6H3. The summed E-state index contributed by atoms with van der Waals surface area (Å²) in [5.74, 6) is 0.218. The smallest absolute Gasteiger partial charge is 0.341 e. The minimum atomic E-state index is -0.369. The van der Waals surface area contributed by atoms with E-state index in [9.17, 15) is 4.79 Å². The summed E-state index contributed by atoms with van der Waals surface area (Å²) < 4.78 is 10.5. The fraction of sp³-hybridized carbons (Fsp3) is 0.533. The predicted octanol–water partition coefficient (Wildman–Crippen LogP) is 3.56. The molecule has 3 nitrogen and oxygen atoms in total. The third-order valence-electron chi connectivity index (χ3n) is 2.62. The molecule has 0 radical (unpaired) electrons. The number of hydrogen-bond donors (Lipinski definition) is 0. The van der Waals surface area contributed by atoms with Crippen molar-refractivity contribution in [3.8, 4) is 5.75 Å². The molecular weight excluding hydrogens is 228 g/mol. The van der Waals surface area contributed by atoms with E-state index < -0.39 is 0 Å². The number of ether oxygens (including phenoxy) is 2. The van der Waals surface area contributed by atoms with Gasteiger partial charge in [-0.25, -0.2) is 4.79 Å². The molecule has 0 aliphatic rings. The zero-order valence-corrected chi connectivity index (χ0v) is 12.0. The molecule has 0 aromatic heterocycles. The van der Waals surface area contributed by atoms with Crippen LogP contribution in [0.4, 0.5) is 0 Å². The van der Waals surface area contributed by atoms with Crippen molar-refractivity contribution in [3.05, 3.63) is 29.3 Å². The fourth-order valence-electron chi connectivity index (χ4n) is 1.62. The van der Waals surface area contributed by atoms with Gasteiger partial charge in [-0.3, -0.25) is 0 Å². The van der Waals surface area contributed by atoms with Crippen LogP contribution >= 0.6 is 0 Å². The summed E-state index contributed by atoms with van der Waals surface area (Å²) in [6.45, 7) is 10.2. The number of benzene rings is 1. The summed E-state index contributed by atoms with van der Waals surface area (Å²) in [4.78, 5) is 11.7. The topological polar surface area (TPSA) is 35.5 Å². The molecule has 0 aliphatic carbocycles. The van der Waals surface area contributed by atoms with E-state index in [1.165, 1.54) is 7.11 Å². The molecule has 0 N–H and O–H groups in total. The average Bonchev–Trinajstić information content (AvgIpc) is 2.26. The zero-order chi connectivity index (χ0) is 13.9. The Morgan fingerprint density at radius 1 is 1.22 bits per heavy atom. The lowest BCUT2D eigenvalue weighted by Gasteiger charge is -2.21. The lowest BCUT2D eigenvalue weighted by Crippen LogP contribution is -2.15. The SMILES string of the molecule is COC(=O)c1ccc(C(C)(C)C)cc1OC(C)C. The van der Waals surface area contributed by atoms with Gasteiger partial charge in [-0.2, -0.15) is 0 Å². The Kier molecular flexibility index (Phi) is 4.38. The number of rotatable bonds is 3. The molecule has 0 spiro atoms. The normalized spacial score (nSPS) is 11.5. The minimum Gasteiger partial charge on any atom is -0.490 e. The van der Waals surface area contributed by atoms with Crippen LogP contribution in [0, 0.1) is 0 Å². The van der Waals surface area contributed by atoms with E-state index in [2.05, 4.69) is 20.8 Å². The molecule has 0 bridgehead atoms. The maximum atomic E-state index is 11.7. The molecule has 3 heteroatoms. The highest BCUT2D eigenvalue weighted by molar-refractivity contribution is 5.92. The molecule has 1 rings (SSSR count). The zero-order valence-electron chi connectivity index (χ0n) is 12.0. The van der Waals surface area contributed by atoms with Crippen molar-refractivity contribution in [2.75, 3.05) is 7.11 Å². The molecule has 0 saturated carbocycles. The Hall–Kier alpha value is -1.51. The van der Waals surface area contributed by atoms with Gasteiger partial charge in [-0.1, -0.05) is 26.8 Å². The third-order valence-corrected chi connectivity index (χ3v) is 2.62. The van der Waals surface area contributed by atoms with Gasteiger partial charge < -0.3 is 9.47 Å². The van der Waals surface area contributed by atoms with E-state index in [1.807, 2.05) is 26.0 Å². The van der Waals surface area contributed by atoms with Gasteiger partial charge in [0.25, 0.3) is 0 Å². The van der Waals surface area contributed by atoms with Crippen molar-refractivity contribution in [2.45, 2.75) is 46.1 Å². The summed E-state index contributed by atoms with van der Waals surface area (Å²) in [7, 11) is 1.37. The summed E-state index contributed by atoms with van der Waals surface area (Å²) in [6.07, 6.45) is 0.0172. The Morgan fingerprint density at radius 2 is 1.83 bits per heavy atom. The van der Waals surface area contributed by atoms with Crippen LogP contribution in [-0.2, 0) is 10.2 Å². The van der Waals surface area contributed by atoms with Gasteiger partial charge in [-0.15, -0.1) is 0 Å². The Labute approximate surface area is 109 Å². The summed E-state index contributed by atoms with van der Waals surface area (Å²) >= 11 is 0. The molecule has 100 valence electrons. The third kappa shape index (κ3) is 3.49. The second-order valence-corrected chi connectivity index (χ2v) is 5.62. The molecule has 0 atom stereocenters. The summed E-state index contributed by atoms with van der Waals surface area (Å²) in [6, 6.07) is 5.63. The molecule has 0 amide bonds. The first-order valence-electron chi connectivity index (χ1n) is 6.15. The Balaban J connectivity index is 3.24. The summed E-state index contributed by atoms with van der Waals surface area (Å²) in [5.41, 5.74) is 1.62. The molecule has 1 aromatic rings. The number of methoxy groups -OCH3 is 1. The minimum absolute atomic E-state index is 0.0172. The maximum absolute atomic E-state index is 11.7. The second kappa shape index (κ2) is 5.42. The van der Waals surface area contributed by atoms with Gasteiger partial charge in [0, 0.05) is 0 Å². The highest BCUT2D eigenvalue weighted by Gasteiger charge is 2.19. The van der Waals surface area contributed by atoms with Gasteiger partial charge >= 0.3 is 5.97 Å². The second-order valence-electron chi connectivity index (χ2n) is 5.62. The van der Waals surface area contributed by atoms with Gasteiger partial charge in [0.15, 0.2) is 0 Å². The number of esters is 1. The van der Waals surface area contributed by atoms with Crippen LogP contribution in [0.5, 0.6) is 5.75 Å². The van der Waals surface area contributed by atoms with E-state index in [4.69, 9.17) is 9.47 Å². The van der Waals surface area contributed by atoms with Gasteiger partial charge in [-0.05, 0) is 37.0 Å². The largest absolute Gasteiger partial charge is 0.490 e. The van der Waals surface area contributed by atoms with Crippen molar-refractivity contribution >= 4 is 5.97 Å². The fourth-order valence-corrected chi connectivity index (χ4v) is 1.62. The van der Waals surface area contributed by atoms with Crippen LogP contribution in [0.3, 0.4) is 0 Å². The van der Waals surface area contributed by atoms with Crippen LogP contribution in [0.15, 0.2) is 18.2 Å². The first-order chi connectivity index (χ1) is 8.25. The van der Waals surface area contributed by atoms with Crippen LogP contribution in [-0.4, -0.2) is 19.2 Å². The molecular formula is C15H22O3. The molecule has 0 unspecified atom stereocenters. The highest BCUT2D eigenvalue weighted by atomic mass is 16.5. The quantitative estimate of drug-likeness (QED) is 0.769. The number of carbonyl (C=O) groups is 1. The van der Waals surface area contributed by atoms with E-state index in [0.717, 1.165) is 5.56 Å². The first kappa shape index (κ1) is 14.6. The maximum Gasteiger partial charge on any atom is 0.341 e. The Bertz CT molecular complexity index is 428. The van der Waals surface area contributed by atoms with E-state index in [-0.39, 0.29) is 17.5 Å². The van der Waals surface area contributed by atoms with Crippen LogP contribution in [0.2, 0.25) is 0 Å². The molecule has 0 aliphatic heterocycles. The van der Waals surface area contributed by atoms with Crippen molar-refractivity contribution in [1.29, 1.82) is 0 Å². The molecule has 18 heavy (non-hydrogen) atoms. The Morgan fingerprint density at radius 3 is 2.28 bits per heavy atom. The van der Waals surface area contributed by atoms with E-state index in [0.29, 0.717) is 11.3 Å². The van der Waals surface area contributed by atoms with E-state index >= 15 is 0 Å². The first-order valence-corrected chi connectivity index (χ1v) is 6.15. The van der Waals surface area contributed by atoms with Crippen molar-refractivity contribution in [2.24, 2.45) is 0 Å². The van der Waals surface area contributed by atoms with Crippen molar-refractivity contribution in [1.82, 2.24) is 0 Å². The van der Waals surface area contributed by atoms with Crippen molar-refractivity contribution in [3.63, 3.8) is 0 Å². The van der Waals surface area contributed by atoms with Crippen LogP contribution in [0.25, 0.3) is 0 Å². The molecule has 0 heterocycles. The lowest BCUT2D eigenvalue weighted by atomic mass is 9.86. The van der Waals surface area contributed by atoms with Gasteiger partial charge in [0.1, 0.15) is 11.3 Å². The molecule has 0 fully saturated rings. The van der Waals surface area contributed by atoms with Crippen LogP contribution in [0.1, 0.15) is 50.5 Å². The monoisotopic (exact) mass is 250 g/mol. The van der Waals surface area contributed by atoms with Gasteiger partial charge in [0.05, 0.1) is 13.2 Å². The van der Waals surface area contributed by atoms with Crippen LogP contribution < -0.4 is 4.74 Å². The highest BCUT2D eigenvalue weighted by Crippen LogP contribution is 2.29. The summed E-state index contributed by atoms with van der Waals surface area (Å²) in [5, 5.41) is 0.